The molecular formula is C29H43N3O5S2. The van der Waals surface area contributed by atoms with E-state index < -0.39 is 10.0 Å². The molecule has 1 aromatic heterocycles. The lowest BCUT2D eigenvalue weighted by Gasteiger charge is -2.37. The third-order valence-corrected chi connectivity index (χ3v) is 11.3. The SMILES string of the molecule is COc1cc(C)c(S(=O)(=O)N2CCC(OCC(=O)NCC3CCC(C(c4cccs4)N(C)C)CC3)C2)c(C)c1. The number of carbonyl (C=O) groups excluding carboxylic acids is 1. The van der Waals surface area contributed by atoms with Gasteiger partial charge in [0.15, 0.2) is 0 Å². The Hall–Kier alpha value is -1.98. The average molecular weight is 578 g/mol. The van der Waals surface area contributed by atoms with Gasteiger partial charge in [-0.2, -0.15) is 4.31 Å². The first-order chi connectivity index (χ1) is 18.6. The van der Waals surface area contributed by atoms with Crippen LogP contribution in [-0.4, -0.2) is 77.1 Å². The Labute approximate surface area is 237 Å². The molecule has 2 aliphatic rings. The van der Waals surface area contributed by atoms with Gasteiger partial charge in [0.2, 0.25) is 15.9 Å². The van der Waals surface area contributed by atoms with Crippen molar-refractivity contribution in [3.05, 3.63) is 45.6 Å². The van der Waals surface area contributed by atoms with Gasteiger partial charge in [-0.25, -0.2) is 8.42 Å². The summed E-state index contributed by atoms with van der Waals surface area (Å²) in [7, 11) is 2.24. The maximum absolute atomic E-state index is 13.4. The van der Waals surface area contributed by atoms with Crippen molar-refractivity contribution in [3.63, 3.8) is 0 Å². The van der Waals surface area contributed by atoms with Gasteiger partial charge in [0.25, 0.3) is 0 Å². The molecule has 2 atom stereocenters. The van der Waals surface area contributed by atoms with E-state index in [1.165, 1.54) is 9.18 Å². The van der Waals surface area contributed by atoms with Crippen LogP contribution in [0, 0.1) is 25.7 Å². The predicted octanol–water partition coefficient (Wildman–Crippen LogP) is 4.38. The van der Waals surface area contributed by atoms with Gasteiger partial charge in [-0.3, -0.25) is 4.79 Å². The highest BCUT2D eigenvalue weighted by molar-refractivity contribution is 7.89. The molecule has 1 saturated heterocycles. The molecule has 216 valence electrons. The fraction of sp³-hybridized carbons (Fsp3) is 0.621. The van der Waals surface area contributed by atoms with Crippen LogP contribution in [0.5, 0.6) is 5.75 Å². The first-order valence-corrected chi connectivity index (χ1v) is 16.2. The van der Waals surface area contributed by atoms with Crippen LogP contribution in [0.1, 0.15) is 54.1 Å². The first-order valence-electron chi connectivity index (χ1n) is 13.8. The third-order valence-electron chi connectivity index (χ3n) is 8.14. The third kappa shape index (κ3) is 7.21. The number of hydrogen-bond donors (Lipinski definition) is 1. The van der Waals surface area contributed by atoms with Crippen molar-refractivity contribution in [3.8, 4) is 5.75 Å². The molecule has 39 heavy (non-hydrogen) atoms. The number of carbonyl (C=O) groups is 1. The van der Waals surface area contributed by atoms with Crippen molar-refractivity contribution in [2.24, 2.45) is 11.8 Å². The van der Waals surface area contributed by atoms with E-state index in [-0.39, 0.29) is 25.2 Å². The number of hydrogen-bond acceptors (Lipinski definition) is 7. The van der Waals surface area contributed by atoms with E-state index >= 15 is 0 Å². The summed E-state index contributed by atoms with van der Waals surface area (Å²) < 4.78 is 39.3. The highest BCUT2D eigenvalue weighted by Gasteiger charge is 2.35. The Morgan fingerprint density at radius 1 is 1.15 bits per heavy atom. The van der Waals surface area contributed by atoms with Gasteiger partial charge in [0, 0.05) is 30.6 Å². The van der Waals surface area contributed by atoms with Crippen molar-refractivity contribution >= 4 is 27.3 Å². The largest absolute Gasteiger partial charge is 0.497 e. The Balaban J connectivity index is 1.20. The van der Waals surface area contributed by atoms with Crippen LogP contribution < -0.4 is 10.1 Å². The number of benzene rings is 1. The molecule has 8 nitrogen and oxygen atoms in total. The van der Waals surface area contributed by atoms with Crippen molar-refractivity contribution in [2.45, 2.75) is 63.0 Å². The van der Waals surface area contributed by atoms with Crippen LogP contribution in [0.25, 0.3) is 0 Å². The van der Waals surface area contributed by atoms with Crippen molar-refractivity contribution < 1.29 is 22.7 Å². The van der Waals surface area contributed by atoms with Crippen LogP contribution in [-0.2, 0) is 19.6 Å². The molecular weight excluding hydrogens is 534 g/mol. The van der Waals surface area contributed by atoms with Gasteiger partial charge in [0.05, 0.1) is 18.1 Å². The number of nitrogens with zero attached hydrogens (tertiary/aromatic N) is 2. The Kier molecular flexibility index (Phi) is 10.1. The molecule has 2 heterocycles. The van der Waals surface area contributed by atoms with E-state index in [9.17, 15) is 13.2 Å². The summed E-state index contributed by atoms with van der Waals surface area (Å²) in [4.78, 5) is 16.6. The summed E-state index contributed by atoms with van der Waals surface area (Å²) in [5.74, 6) is 1.63. The first kappa shape index (κ1) is 30.0. The quantitative estimate of drug-likeness (QED) is 0.427. The van der Waals surface area contributed by atoms with E-state index in [0.717, 1.165) is 25.7 Å². The topological polar surface area (TPSA) is 88.2 Å². The maximum atomic E-state index is 13.4. The molecule has 1 aliphatic carbocycles. The normalized spacial score (nSPS) is 23.2. The Morgan fingerprint density at radius 2 is 1.85 bits per heavy atom. The Bertz CT molecular complexity index is 1180. The highest BCUT2D eigenvalue weighted by Crippen LogP contribution is 2.40. The summed E-state index contributed by atoms with van der Waals surface area (Å²) in [5, 5.41) is 5.20. The van der Waals surface area contributed by atoms with E-state index in [1.54, 1.807) is 33.1 Å². The second kappa shape index (κ2) is 13.1. The lowest BCUT2D eigenvalue weighted by atomic mass is 9.77. The summed E-state index contributed by atoms with van der Waals surface area (Å²) in [6.07, 6.45) is 4.83. The molecule has 10 heteroatoms. The van der Waals surface area contributed by atoms with Crippen LogP contribution in [0.3, 0.4) is 0 Å². The van der Waals surface area contributed by atoms with Gasteiger partial charge >= 0.3 is 0 Å². The van der Waals surface area contributed by atoms with E-state index in [1.807, 2.05) is 11.3 Å². The second-order valence-corrected chi connectivity index (χ2v) is 14.0. The molecule has 0 radical (unpaired) electrons. The zero-order valence-electron chi connectivity index (χ0n) is 23.8. The van der Waals surface area contributed by atoms with Crippen LogP contribution in [0.2, 0.25) is 0 Å². The molecule has 1 aromatic carbocycles. The minimum absolute atomic E-state index is 0.0461. The average Bonchev–Trinajstić information content (AvgIpc) is 3.59. The van der Waals surface area contributed by atoms with E-state index in [0.29, 0.717) is 59.2 Å². The van der Waals surface area contributed by atoms with Crippen LogP contribution in [0.4, 0.5) is 0 Å². The number of aryl methyl sites for hydroxylation is 2. The minimum atomic E-state index is -3.66. The fourth-order valence-corrected chi connectivity index (χ4v) is 9.11. The van der Waals surface area contributed by atoms with E-state index in [4.69, 9.17) is 9.47 Å². The van der Waals surface area contributed by atoms with E-state index in [2.05, 4.69) is 41.8 Å². The number of rotatable bonds is 11. The molecule has 1 saturated carbocycles. The Morgan fingerprint density at radius 3 is 2.44 bits per heavy atom. The standard InChI is InChI=1S/C29H43N3O5S2/c1-20-15-25(36-5)16-21(2)29(20)39(34,35)32-13-12-24(18-32)37-19-27(33)30-17-22-8-10-23(11-9-22)28(31(3)4)26-7-6-14-38-26/h6-7,14-16,22-24,28H,8-13,17-19H2,1-5H3,(H,30,33). The number of thiophene rings is 1. The highest BCUT2D eigenvalue weighted by atomic mass is 32.2. The molecule has 0 spiro atoms. The monoisotopic (exact) mass is 577 g/mol. The summed E-state index contributed by atoms with van der Waals surface area (Å²) >= 11 is 1.83. The van der Waals surface area contributed by atoms with Gasteiger partial charge in [-0.1, -0.05) is 6.07 Å². The van der Waals surface area contributed by atoms with Gasteiger partial charge in [-0.15, -0.1) is 11.3 Å². The van der Waals surface area contributed by atoms with Crippen molar-refractivity contribution in [2.75, 3.05) is 47.4 Å². The molecule has 2 fully saturated rings. The lowest BCUT2D eigenvalue weighted by molar-refractivity contribution is -0.127. The molecule has 1 N–H and O–H groups in total. The number of ether oxygens (including phenoxy) is 2. The molecule has 1 amide bonds. The zero-order valence-corrected chi connectivity index (χ0v) is 25.4. The number of amides is 1. The summed E-state index contributed by atoms with van der Waals surface area (Å²) in [6, 6.07) is 8.31. The van der Waals surface area contributed by atoms with Crippen molar-refractivity contribution in [1.29, 1.82) is 0 Å². The predicted molar refractivity (Wildman–Crippen MR) is 155 cm³/mol. The summed E-state index contributed by atoms with van der Waals surface area (Å²) in [5.41, 5.74) is 1.32. The van der Waals surface area contributed by atoms with Gasteiger partial charge in [0.1, 0.15) is 12.4 Å². The second-order valence-electron chi connectivity index (χ2n) is 11.2. The summed E-state index contributed by atoms with van der Waals surface area (Å²) in [6.45, 7) is 4.82. The van der Waals surface area contributed by atoms with Gasteiger partial charge < -0.3 is 19.7 Å². The number of nitrogens with one attached hydrogen (secondary N) is 1. The minimum Gasteiger partial charge on any atom is -0.497 e. The molecule has 0 bridgehead atoms. The zero-order chi connectivity index (χ0) is 28.2. The lowest BCUT2D eigenvalue weighted by Crippen LogP contribution is -2.36. The number of methoxy groups -OCH3 is 1. The maximum Gasteiger partial charge on any atom is 0.246 e. The molecule has 4 rings (SSSR count). The molecule has 1 aliphatic heterocycles. The molecule has 2 unspecified atom stereocenters. The molecule has 2 aromatic rings. The van der Waals surface area contributed by atoms with Gasteiger partial charge in [-0.05, 0) is 107 Å². The smallest absolute Gasteiger partial charge is 0.246 e. The van der Waals surface area contributed by atoms with Crippen molar-refractivity contribution in [1.82, 2.24) is 14.5 Å². The number of sulfonamides is 1. The fourth-order valence-electron chi connectivity index (χ4n) is 6.20. The van der Waals surface area contributed by atoms with Crippen LogP contribution in [0.15, 0.2) is 34.5 Å². The van der Waals surface area contributed by atoms with Crippen LogP contribution >= 0.6 is 11.3 Å².